The minimum Gasteiger partial charge on any atom is -0.494 e. The lowest BCUT2D eigenvalue weighted by molar-refractivity contribution is 0.0982. The third kappa shape index (κ3) is 7.11. The molecule has 0 spiro atoms. The third-order valence-electron chi connectivity index (χ3n) is 10.1. The summed E-state index contributed by atoms with van der Waals surface area (Å²) >= 11 is 1.62. The van der Waals surface area contributed by atoms with Gasteiger partial charge in [0.05, 0.1) is 29.7 Å². The zero-order valence-electron chi connectivity index (χ0n) is 28.9. The Morgan fingerprint density at radius 1 is 0.938 bits per heavy atom. The molecule has 1 saturated carbocycles. The van der Waals surface area contributed by atoms with Gasteiger partial charge in [-0.3, -0.25) is 14.9 Å². The Labute approximate surface area is 288 Å². The maximum Gasteiger partial charge on any atom is 0.229 e. The second-order valence-corrected chi connectivity index (χ2v) is 14.3. The van der Waals surface area contributed by atoms with E-state index in [1.807, 2.05) is 38.6 Å². The summed E-state index contributed by atoms with van der Waals surface area (Å²) in [5.74, 6) is 2.81. The van der Waals surface area contributed by atoms with Gasteiger partial charge in [0.1, 0.15) is 17.1 Å². The molecule has 3 fully saturated rings. The molecule has 2 aliphatic heterocycles. The number of fused-ring (bicyclic) bond motifs is 1. The fourth-order valence-electron chi connectivity index (χ4n) is 7.04. The summed E-state index contributed by atoms with van der Waals surface area (Å²) < 4.78 is 8.10. The number of nitrogens with zero attached hydrogens (tertiary/aromatic N) is 8. The summed E-state index contributed by atoms with van der Waals surface area (Å²) in [7, 11) is 6.02. The van der Waals surface area contributed by atoms with E-state index in [-0.39, 0.29) is 0 Å². The molecule has 2 aromatic carbocycles. The molecule has 2 aromatic heterocycles. The number of benzene rings is 2. The fraction of sp³-hybridized carbons (Fsp3) is 0.500. The number of piperazine rings is 1. The summed E-state index contributed by atoms with van der Waals surface area (Å²) in [6, 6.07) is 9.23. The Kier molecular flexibility index (Phi) is 9.74. The van der Waals surface area contributed by atoms with E-state index in [2.05, 4.69) is 63.8 Å². The van der Waals surface area contributed by atoms with Crippen LogP contribution in [-0.4, -0.2) is 103 Å². The van der Waals surface area contributed by atoms with Crippen LogP contribution in [0.4, 0.5) is 34.5 Å². The van der Waals surface area contributed by atoms with Crippen molar-refractivity contribution in [1.82, 2.24) is 29.7 Å². The number of hydrogen-bond donors (Lipinski definition) is 2. The highest BCUT2D eigenvalue weighted by atomic mass is 32.2. The Hall–Kier alpha value is -3.87. The van der Waals surface area contributed by atoms with E-state index in [0.717, 1.165) is 70.7 Å². The lowest BCUT2D eigenvalue weighted by Gasteiger charge is -2.43. The summed E-state index contributed by atoms with van der Waals surface area (Å²) in [5.41, 5.74) is 8.06. The molecule has 48 heavy (non-hydrogen) atoms. The van der Waals surface area contributed by atoms with Crippen LogP contribution in [0.15, 0.2) is 42.9 Å². The van der Waals surface area contributed by atoms with E-state index in [9.17, 15) is 0 Å². The van der Waals surface area contributed by atoms with Crippen molar-refractivity contribution in [2.75, 3.05) is 86.6 Å². The molecule has 0 radical (unpaired) electrons. The summed E-state index contributed by atoms with van der Waals surface area (Å²) in [6.45, 7) is 8.90. The van der Waals surface area contributed by atoms with Crippen LogP contribution < -0.4 is 24.6 Å². The average Bonchev–Trinajstić information content (AvgIpc) is 3.94. The highest BCUT2D eigenvalue weighted by Crippen LogP contribution is 2.42. The van der Waals surface area contributed by atoms with Crippen LogP contribution in [0.2, 0.25) is 0 Å². The highest BCUT2D eigenvalue weighted by molar-refractivity contribution is 7.99. The number of aryl methyl sites for hydroxylation is 1. The summed E-state index contributed by atoms with van der Waals surface area (Å²) in [4.78, 5) is 26.5. The predicted molar refractivity (Wildman–Crippen MR) is 199 cm³/mol. The number of aromatic nitrogens is 4. The van der Waals surface area contributed by atoms with E-state index >= 15 is 0 Å². The van der Waals surface area contributed by atoms with Crippen molar-refractivity contribution in [3.05, 3.63) is 54.0 Å². The van der Waals surface area contributed by atoms with Gasteiger partial charge in [0, 0.05) is 94.5 Å². The SMILES string of the molecule is COc1cc(N2CCC(N3CCN(C)CC3)CC2)c(CC2CC2)cc1Nc1ncc(C)c(Nc2ccc3nccnc3c2N(C)SC)n1. The van der Waals surface area contributed by atoms with E-state index in [4.69, 9.17) is 9.72 Å². The number of ether oxygens (including phenoxy) is 1. The van der Waals surface area contributed by atoms with Gasteiger partial charge in [0.15, 0.2) is 0 Å². The lowest BCUT2D eigenvalue weighted by Crippen LogP contribution is -2.52. The Morgan fingerprint density at radius 3 is 2.44 bits per heavy atom. The molecule has 0 amide bonds. The number of hydrogen-bond acceptors (Lipinski definition) is 12. The first-order valence-corrected chi connectivity index (χ1v) is 18.4. The van der Waals surface area contributed by atoms with Crippen molar-refractivity contribution < 1.29 is 4.74 Å². The molecule has 3 aliphatic rings. The molecule has 12 heteroatoms. The molecule has 0 bridgehead atoms. The fourth-order valence-corrected chi connectivity index (χ4v) is 7.41. The number of anilines is 6. The van der Waals surface area contributed by atoms with E-state index < -0.39 is 0 Å². The minimum absolute atomic E-state index is 0.514. The number of methoxy groups -OCH3 is 1. The molecular weight excluding hydrogens is 621 g/mol. The molecular formula is C36H48N10OS. The maximum atomic E-state index is 6.00. The molecule has 4 aromatic rings. The summed E-state index contributed by atoms with van der Waals surface area (Å²) in [6.07, 6.45) is 13.5. The van der Waals surface area contributed by atoms with Crippen LogP contribution >= 0.6 is 11.9 Å². The minimum atomic E-state index is 0.514. The molecule has 1 aliphatic carbocycles. The normalized spacial score (nSPS) is 17.9. The number of likely N-dealkylation sites (N-methyl/N-ethyl adjacent to an activating group) is 1. The van der Waals surface area contributed by atoms with Crippen molar-refractivity contribution in [1.29, 1.82) is 0 Å². The topological polar surface area (TPSA) is 97.8 Å². The van der Waals surface area contributed by atoms with Crippen LogP contribution in [0.3, 0.4) is 0 Å². The maximum absolute atomic E-state index is 6.00. The van der Waals surface area contributed by atoms with Gasteiger partial charge in [-0.2, -0.15) is 4.98 Å². The van der Waals surface area contributed by atoms with Crippen molar-refractivity contribution in [3.63, 3.8) is 0 Å². The van der Waals surface area contributed by atoms with Crippen LogP contribution in [0.5, 0.6) is 5.75 Å². The first kappa shape index (κ1) is 32.7. The van der Waals surface area contributed by atoms with E-state index in [1.54, 1.807) is 31.5 Å². The zero-order valence-corrected chi connectivity index (χ0v) is 29.7. The number of nitrogens with one attached hydrogen (secondary N) is 2. The van der Waals surface area contributed by atoms with Crippen molar-refractivity contribution in [2.45, 2.75) is 45.1 Å². The number of piperidine rings is 1. The van der Waals surface area contributed by atoms with Crippen LogP contribution in [-0.2, 0) is 6.42 Å². The van der Waals surface area contributed by atoms with Gasteiger partial charge in [-0.15, -0.1) is 0 Å². The average molecular weight is 669 g/mol. The first-order chi connectivity index (χ1) is 23.4. The predicted octanol–water partition coefficient (Wildman–Crippen LogP) is 6.11. The van der Waals surface area contributed by atoms with E-state index in [0.29, 0.717) is 12.0 Å². The van der Waals surface area contributed by atoms with Crippen molar-refractivity contribution in [3.8, 4) is 5.75 Å². The first-order valence-electron chi connectivity index (χ1n) is 17.2. The standard InChI is InChI=1S/C36H48N10OS/c1-24-23-39-36(42-35(24)40-29-9-8-28-33(38-13-12-37-28)34(29)44(3)48-5)41-30-21-26(20-25-6-7-25)31(22-32(30)47-4)46-14-10-27(11-15-46)45-18-16-43(2)17-19-45/h8-9,12-13,21-23,25,27H,6-7,10-11,14-20H2,1-5H3,(H2,39,40,41,42). The van der Waals surface area contributed by atoms with Crippen LogP contribution in [0.25, 0.3) is 11.0 Å². The Morgan fingerprint density at radius 2 is 1.71 bits per heavy atom. The van der Waals surface area contributed by atoms with Gasteiger partial charge in [0.2, 0.25) is 5.95 Å². The quantitative estimate of drug-likeness (QED) is 0.181. The Balaban J connectivity index is 1.13. The van der Waals surface area contributed by atoms with Gasteiger partial charge in [-0.1, -0.05) is 11.9 Å². The highest BCUT2D eigenvalue weighted by Gasteiger charge is 2.30. The zero-order chi connectivity index (χ0) is 33.2. The molecule has 254 valence electrons. The smallest absolute Gasteiger partial charge is 0.229 e. The van der Waals surface area contributed by atoms with Gasteiger partial charge in [-0.25, -0.2) is 4.98 Å². The third-order valence-corrected chi connectivity index (χ3v) is 10.9. The molecule has 2 saturated heterocycles. The molecule has 2 N–H and O–H groups in total. The second-order valence-electron chi connectivity index (χ2n) is 13.4. The lowest BCUT2D eigenvalue weighted by atomic mass is 9.98. The van der Waals surface area contributed by atoms with E-state index in [1.165, 1.54) is 63.1 Å². The van der Waals surface area contributed by atoms with Gasteiger partial charge in [0.25, 0.3) is 0 Å². The van der Waals surface area contributed by atoms with Gasteiger partial charge >= 0.3 is 0 Å². The second kappa shape index (κ2) is 14.3. The van der Waals surface area contributed by atoms with Crippen LogP contribution in [0, 0.1) is 12.8 Å². The van der Waals surface area contributed by atoms with Gasteiger partial charge < -0.3 is 29.5 Å². The molecule has 7 rings (SSSR count). The molecule has 0 atom stereocenters. The Bertz CT molecular complexity index is 1730. The van der Waals surface area contributed by atoms with Crippen molar-refractivity contribution >= 4 is 57.5 Å². The largest absolute Gasteiger partial charge is 0.494 e. The van der Waals surface area contributed by atoms with Crippen LogP contribution in [0.1, 0.15) is 36.8 Å². The monoisotopic (exact) mass is 668 g/mol. The van der Waals surface area contributed by atoms with Gasteiger partial charge in [-0.05, 0) is 75.8 Å². The molecule has 4 heterocycles. The molecule has 0 unspecified atom stereocenters. The van der Waals surface area contributed by atoms with Crippen molar-refractivity contribution in [2.24, 2.45) is 5.92 Å². The number of rotatable bonds is 11. The summed E-state index contributed by atoms with van der Waals surface area (Å²) in [5, 5.41) is 7.09. The molecule has 11 nitrogen and oxygen atoms in total.